The zero-order valence-corrected chi connectivity index (χ0v) is 4.66. The van der Waals surface area contributed by atoms with Crippen molar-refractivity contribution >= 4 is 11.8 Å². The Hall–Kier alpha value is -0.110. The van der Waals surface area contributed by atoms with Crippen molar-refractivity contribution in [3.8, 4) is 0 Å². The van der Waals surface area contributed by atoms with Gasteiger partial charge in [-0.05, 0) is 12.5 Å². The molecule has 0 radical (unpaired) electrons. The Labute approximate surface area is 42.6 Å². The Morgan fingerprint density at radius 3 is 2.67 bits per heavy atom. The molecule has 0 amide bonds. The zero-order valence-electron chi connectivity index (χ0n) is 3.85. The molecule has 6 heavy (non-hydrogen) atoms. The molecule has 0 aliphatic heterocycles. The summed E-state index contributed by atoms with van der Waals surface area (Å²) >= 11 is 1.76. The molecule has 0 saturated carbocycles. The van der Waals surface area contributed by atoms with Crippen molar-refractivity contribution in [1.82, 2.24) is 0 Å². The van der Waals surface area contributed by atoms with Crippen LogP contribution in [0.2, 0.25) is 0 Å². The summed E-state index contributed by atoms with van der Waals surface area (Å²) in [6.45, 7) is 0. The van der Waals surface area contributed by atoms with Crippen LogP contribution >= 0.6 is 11.8 Å². The summed E-state index contributed by atoms with van der Waals surface area (Å²) in [6, 6.07) is 0. The summed E-state index contributed by atoms with van der Waals surface area (Å²) in [5, 5.41) is 0. The van der Waals surface area contributed by atoms with Gasteiger partial charge in [0.25, 0.3) is 0 Å². The van der Waals surface area contributed by atoms with Crippen molar-refractivity contribution in [2.45, 2.75) is 0 Å². The van der Waals surface area contributed by atoms with Gasteiger partial charge in [0.15, 0.2) is 0 Å². The molecule has 0 bridgehead atoms. The van der Waals surface area contributed by atoms with Gasteiger partial charge in [-0.1, -0.05) is 6.08 Å². The largest absolute Gasteiger partial charge is 0.405 e. The van der Waals surface area contributed by atoms with Gasteiger partial charge in [-0.25, -0.2) is 0 Å². The van der Waals surface area contributed by atoms with Crippen LogP contribution in [-0.2, 0) is 0 Å². The van der Waals surface area contributed by atoms with Crippen molar-refractivity contribution < 1.29 is 0 Å². The maximum Gasteiger partial charge on any atom is 0.0127 e. The van der Waals surface area contributed by atoms with E-state index < -0.39 is 0 Å². The lowest BCUT2D eigenvalue weighted by Gasteiger charge is -1.77. The smallest absolute Gasteiger partial charge is 0.0127 e. The fourth-order valence-corrected chi connectivity index (χ4v) is 0.455. The molecule has 0 heterocycles. The Bertz CT molecular complexity index is 42.8. The first kappa shape index (κ1) is 5.89. The highest BCUT2D eigenvalue weighted by molar-refractivity contribution is 7.98. The van der Waals surface area contributed by atoms with Crippen LogP contribution in [0.4, 0.5) is 0 Å². The molecule has 0 atom stereocenters. The molecule has 0 aromatic heterocycles. The van der Waals surface area contributed by atoms with E-state index in [1.54, 1.807) is 18.0 Å². The molecule has 0 rings (SSSR count). The molecule has 0 aliphatic rings. The van der Waals surface area contributed by atoms with Crippen molar-refractivity contribution in [1.29, 1.82) is 0 Å². The van der Waals surface area contributed by atoms with Gasteiger partial charge >= 0.3 is 0 Å². The summed E-state index contributed by atoms with van der Waals surface area (Å²) in [4.78, 5) is 0. The normalized spacial score (nSPS) is 10.2. The Morgan fingerprint density at radius 2 is 2.50 bits per heavy atom. The van der Waals surface area contributed by atoms with Crippen LogP contribution in [0.15, 0.2) is 12.3 Å². The molecule has 36 valence electrons. The summed E-state index contributed by atoms with van der Waals surface area (Å²) in [7, 11) is 0. The van der Waals surface area contributed by atoms with Gasteiger partial charge in [-0.15, -0.1) is 0 Å². The van der Waals surface area contributed by atoms with E-state index in [0.717, 1.165) is 5.75 Å². The molecule has 0 aromatic rings. The van der Waals surface area contributed by atoms with Crippen LogP contribution in [0.1, 0.15) is 0 Å². The lowest BCUT2D eigenvalue weighted by molar-refractivity contribution is 1.56. The lowest BCUT2D eigenvalue weighted by Crippen LogP contribution is -1.76. The standard InChI is InChI=1S/C4H9NS/c1-6-4-2-3-5/h2-3H,4-5H2,1H3. The van der Waals surface area contributed by atoms with Crippen molar-refractivity contribution in [2.24, 2.45) is 5.73 Å². The molecule has 0 spiro atoms. The topological polar surface area (TPSA) is 26.0 Å². The second-order valence-electron chi connectivity index (χ2n) is 0.883. The van der Waals surface area contributed by atoms with Gasteiger partial charge in [0, 0.05) is 5.75 Å². The zero-order chi connectivity index (χ0) is 4.83. The summed E-state index contributed by atoms with van der Waals surface area (Å²) < 4.78 is 0. The molecule has 2 heteroatoms. The Morgan fingerprint density at radius 1 is 1.83 bits per heavy atom. The van der Waals surface area contributed by atoms with E-state index in [2.05, 4.69) is 0 Å². The minimum atomic E-state index is 1.02. The maximum atomic E-state index is 5.02. The summed E-state index contributed by atoms with van der Waals surface area (Å²) in [5.74, 6) is 1.02. The number of thioether (sulfide) groups is 1. The average molecular weight is 103 g/mol. The molecule has 2 N–H and O–H groups in total. The van der Waals surface area contributed by atoms with Crippen LogP contribution in [0, 0.1) is 0 Å². The monoisotopic (exact) mass is 103 g/mol. The van der Waals surface area contributed by atoms with Crippen molar-refractivity contribution in [3.63, 3.8) is 0 Å². The van der Waals surface area contributed by atoms with Gasteiger partial charge in [-0.2, -0.15) is 11.8 Å². The summed E-state index contributed by atoms with van der Waals surface area (Å²) in [6.07, 6.45) is 5.53. The SMILES string of the molecule is CSCC=CN. The first-order chi connectivity index (χ1) is 2.91. The lowest BCUT2D eigenvalue weighted by atomic mass is 10.7. The minimum Gasteiger partial charge on any atom is -0.405 e. The van der Waals surface area contributed by atoms with E-state index in [1.807, 2.05) is 12.3 Å². The van der Waals surface area contributed by atoms with E-state index in [9.17, 15) is 0 Å². The Balaban J connectivity index is 2.66. The molecule has 0 aromatic carbocycles. The third kappa shape index (κ3) is 3.89. The van der Waals surface area contributed by atoms with Crippen molar-refractivity contribution in [2.75, 3.05) is 12.0 Å². The molecule has 0 saturated heterocycles. The van der Waals surface area contributed by atoms with E-state index in [1.165, 1.54) is 0 Å². The van der Waals surface area contributed by atoms with E-state index in [0.29, 0.717) is 0 Å². The molecule has 0 unspecified atom stereocenters. The van der Waals surface area contributed by atoms with Gasteiger partial charge in [0.2, 0.25) is 0 Å². The van der Waals surface area contributed by atoms with Crippen LogP contribution < -0.4 is 5.73 Å². The highest BCUT2D eigenvalue weighted by Gasteiger charge is 1.64. The molecule has 1 nitrogen and oxygen atoms in total. The van der Waals surface area contributed by atoms with Gasteiger partial charge in [0.05, 0.1) is 0 Å². The Kier molecular flexibility index (Phi) is 4.80. The fraction of sp³-hybridized carbons (Fsp3) is 0.500. The highest BCUT2D eigenvalue weighted by atomic mass is 32.2. The number of rotatable bonds is 2. The second-order valence-corrected chi connectivity index (χ2v) is 1.79. The molecule has 0 aliphatic carbocycles. The van der Waals surface area contributed by atoms with Crippen LogP contribution in [0.25, 0.3) is 0 Å². The average Bonchev–Trinajstić information content (AvgIpc) is 1.61. The molecular weight excluding hydrogens is 94.1 g/mol. The predicted octanol–water partition coefficient (Wildman–Crippen LogP) is 0.822. The highest BCUT2D eigenvalue weighted by Crippen LogP contribution is 1.88. The van der Waals surface area contributed by atoms with Crippen LogP contribution in [-0.4, -0.2) is 12.0 Å². The second kappa shape index (κ2) is 4.89. The van der Waals surface area contributed by atoms with E-state index >= 15 is 0 Å². The first-order valence-corrected chi connectivity index (χ1v) is 3.17. The van der Waals surface area contributed by atoms with E-state index in [4.69, 9.17) is 5.73 Å². The van der Waals surface area contributed by atoms with Crippen LogP contribution in [0.5, 0.6) is 0 Å². The predicted molar refractivity (Wildman–Crippen MR) is 31.7 cm³/mol. The minimum absolute atomic E-state index is 1.02. The first-order valence-electron chi connectivity index (χ1n) is 1.77. The van der Waals surface area contributed by atoms with E-state index in [-0.39, 0.29) is 0 Å². The molecular formula is C4H9NS. The number of hydrogen-bond donors (Lipinski definition) is 1. The van der Waals surface area contributed by atoms with Gasteiger partial charge < -0.3 is 5.73 Å². The van der Waals surface area contributed by atoms with Crippen molar-refractivity contribution in [3.05, 3.63) is 12.3 Å². The third-order valence-electron chi connectivity index (χ3n) is 0.399. The maximum absolute atomic E-state index is 5.02. The number of hydrogen-bond acceptors (Lipinski definition) is 2. The van der Waals surface area contributed by atoms with Crippen LogP contribution in [0.3, 0.4) is 0 Å². The van der Waals surface area contributed by atoms with Gasteiger partial charge in [-0.3, -0.25) is 0 Å². The summed E-state index contributed by atoms with van der Waals surface area (Å²) in [5.41, 5.74) is 5.02. The molecule has 0 fully saturated rings. The van der Waals surface area contributed by atoms with Gasteiger partial charge in [0.1, 0.15) is 0 Å². The number of nitrogens with two attached hydrogens (primary N) is 1. The third-order valence-corrected chi connectivity index (χ3v) is 0.925. The quantitative estimate of drug-likeness (QED) is 0.560. The fourth-order valence-electron chi connectivity index (χ4n) is 0.152.